The van der Waals surface area contributed by atoms with Crippen LogP contribution in [-0.2, 0) is 0 Å². The quantitative estimate of drug-likeness (QED) is 0.847. The Kier molecular flexibility index (Phi) is 5.03. The first-order valence-corrected chi connectivity index (χ1v) is 5.93. The molecule has 1 rings (SSSR count). The molecule has 0 saturated carbocycles. The molecule has 0 aromatic carbocycles. The summed E-state index contributed by atoms with van der Waals surface area (Å²) in [5.41, 5.74) is 0.424. The minimum atomic E-state index is -0.216. The Morgan fingerprint density at radius 2 is 2.25 bits per heavy atom. The van der Waals surface area contributed by atoms with Crippen LogP contribution in [0.3, 0.4) is 0 Å². The second-order valence-corrected chi connectivity index (χ2v) is 4.55. The van der Waals surface area contributed by atoms with Gasteiger partial charge in [0.15, 0.2) is 0 Å². The fourth-order valence-electron chi connectivity index (χ4n) is 1.19. The highest BCUT2D eigenvalue weighted by molar-refractivity contribution is 6.33. The van der Waals surface area contributed by atoms with E-state index in [0.717, 1.165) is 0 Å². The molecule has 1 aromatic heterocycles. The summed E-state index contributed by atoms with van der Waals surface area (Å²) in [5, 5.41) is 3.18. The van der Waals surface area contributed by atoms with E-state index in [9.17, 15) is 4.79 Å². The van der Waals surface area contributed by atoms with E-state index in [2.05, 4.69) is 10.3 Å². The summed E-state index contributed by atoms with van der Waals surface area (Å²) in [4.78, 5) is 15.7. The van der Waals surface area contributed by atoms with Crippen molar-refractivity contribution in [2.24, 2.45) is 5.92 Å². The summed E-state index contributed by atoms with van der Waals surface area (Å²) in [6.07, 6.45) is 2.98. The standard InChI is InChI=1S/C11H14Cl2N2O/c1-7(2)10(5-12)15-11(16)8-3-4-14-6-9(8)13/h3-4,6-7,10H,5H2,1-2H3,(H,15,16). The van der Waals surface area contributed by atoms with Crippen LogP contribution in [0.4, 0.5) is 0 Å². The van der Waals surface area contributed by atoms with Crippen molar-refractivity contribution >= 4 is 29.1 Å². The smallest absolute Gasteiger partial charge is 0.253 e. The summed E-state index contributed by atoms with van der Waals surface area (Å²) < 4.78 is 0. The molecule has 16 heavy (non-hydrogen) atoms. The molecule has 1 unspecified atom stereocenters. The van der Waals surface area contributed by atoms with Crippen molar-refractivity contribution < 1.29 is 4.79 Å². The van der Waals surface area contributed by atoms with Gasteiger partial charge in [-0.3, -0.25) is 9.78 Å². The minimum Gasteiger partial charge on any atom is -0.348 e. The fraction of sp³-hybridized carbons (Fsp3) is 0.455. The molecular formula is C11H14Cl2N2O. The predicted molar refractivity (Wildman–Crippen MR) is 66.1 cm³/mol. The molecule has 0 saturated heterocycles. The molecule has 0 bridgehead atoms. The second-order valence-electron chi connectivity index (χ2n) is 3.83. The number of amides is 1. The van der Waals surface area contributed by atoms with Gasteiger partial charge in [-0.25, -0.2) is 0 Å². The lowest BCUT2D eigenvalue weighted by Crippen LogP contribution is -2.39. The van der Waals surface area contributed by atoms with E-state index >= 15 is 0 Å². The van der Waals surface area contributed by atoms with Crippen LogP contribution < -0.4 is 5.32 Å². The number of carbonyl (C=O) groups is 1. The SMILES string of the molecule is CC(C)C(CCl)NC(=O)c1ccncc1Cl. The third kappa shape index (κ3) is 3.35. The number of pyridine rings is 1. The van der Waals surface area contributed by atoms with Crippen LogP contribution in [0.5, 0.6) is 0 Å². The molecule has 0 aliphatic carbocycles. The zero-order valence-electron chi connectivity index (χ0n) is 9.21. The van der Waals surface area contributed by atoms with Gasteiger partial charge in [0, 0.05) is 24.3 Å². The topological polar surface area (TPSA) is 42.0 Å². The van der Waals surface area contributed by atoms with E-state index < -0.39 is 0 Å². The number of nitrogens with one attached hydrogen (secondary N) is 1. The molecule has 0 fully saturated rings. The van der Waals surface area contributed by atoms with Crippen LogP contribution >= 0.6 is 23.2 Å². The molecule has 3 nitrogen and oxygen atoms in total. The number of aromatic nitrogens is 1. The maximum Gasteiger partial charge on any atom is 0.253 e. The summed E-state index contributed by atoms with van der Waals surface area (Å²) in [5.74, 6) is 0.445. The largest absolute Gasteiger partial charge is 0.348 e. The Labute approximate surface area is 105 Å². The van der Waals surface area contributed by atoms with Crippen molar-refractivity contribution in [3.8, 4) is 0 Å². The van der Waals surface area contributed by atoms with Crippen molar-refractivity contribution in [1.29, 1.82) is 0 Å². The van der Waals surface area contributed by atoms with Crippen LogP contribution in [0.1, 0.15) is 24.2 Å². The van der Waals surface area contributed by atoms with Crippen LogP contribution in [0.15, 0.2) is 18.5 Å². The molecule has 1 atom stereocenters. The van der Waals surface area contributed by atoms with E-state index in [1.165, 1.54) is 12.4 Å². The van der Waals surface area contributed by atoms with Gasteiger partial charge in [-0.2, -0.15) is 0 Å². The van der Waals surface area contributed by atoms with E-state index in [-0.39, 0.29) is 17.9 Å². The molecule has 1 amide bonds. The van der Waals surface area contributed by atoms with Crippen LogP contribution in [-0.4, -0.2) is 22.8 Å². The molecule has 0 radical (unpaired) electrons. The average Bonchev–Trinajstić information content (AvgIpc) is 2.25. The molecule has 1 N–H and O–H groups in total. The van der Waals surface area contributed by atoms with Gasteiger partial charge >= 0.3 is 0 Å². The van der Waals surface area contributed by atoms with Gasteiger partial charge in [0.25, 0.3) is 5.91 Å². The van der Waals surface area contributed by atoms with Gasteiger partial charge < -0.3 is 5.32 Å². The third-order valence-electron chi connectivity index (χ3n) is 2.30. The Balaban J connectivity index is 2.76. The van der Waals surface area contributed by atoms with Crippen molar-refractivity contribution in [3.05, 3.63) is 29.0 Å². The Morgan fingerprint density at radius 1 is 1.56 bits per heavy atom. The summed E-state index contributed by atoms with van der Waals surface area (Å²) in [6.45, 7) is 4.00. The van der Waals surface area contributed by atoms with Crippen molar-refractivity contribution in [2.75, 3.05) is 5.88 Å². The molecule has 1 heterocycles. The van der Waals surface area contributed by atoms with E-state index in [1.807, 2.05) is 13.8 Å². The second kappa shape index (κ2) is 6.06. The zero-order chi connectivity index (χ0) is 12.1. The Bertz CT molecular complexity index is 369. The zero-order valence-corrected chi connectivity index (χ0v) is 10.7. The first-order chi connectivity index (χ1) is 7.56. The highest BCUT2D eigenvalue weighted by Gasteiger charge is 2.17. The van der Waals surface area contributed by atoms with Gasteiger partial charge in [-0.05, 0) is 12.0 Å². The average molecular weight is 261 g/mol. The predicted octanol–water partition coefficient (Wildman–Crippen LogP) is 2.73. The van der Waals surface area contributed by atoms with Crippen molar-refractivity contribution in [1.82, 2.24) is 10.3 Å². The first-order valence-electron chi connectivity index (χ1n) is 5.02. The number of halogens is 2. The van der Waals surface area contributed by atoms with Gasteiger partial charge in [-0.1, -0.05) is 25.4 Å². The Morgan fingerprint density at radius 3 is 2.75 bits per heavy atom. The number of hydrogen-bond acceptors (Lipinski definition) is 2. The molecule has 0 spiro atoms. The lowest BCUT2D eigenvalue weighted by atomic mass is 10.1. The van der Waals surface area contributed by atoms with E-state index in [0.29, 0.717) is 16.5 Å². The van der Waals surface area contributed by atoms with Gasteiger partial charge in [-0.15, -0.1) is 11.6 Å². The lowest BCUT2D eigenvalue weighted by Gasteiger charge is -2.19. The molecular weight excluding hydrogens is 247 g/mol. The molecule has 0 aliphatic heterocycles. The van der Waals surface area contributed by atoms with E-state index in [1.54, 1.807) is 6.07 Å². The highest BCUT2D eigenvalue weighted by Crippen LogP contribution is 2.14. The number of alkyl halides is 1. The monoisotopic (exact) mass is 260 g/mol. The molecule has 5 heteroatoms. The van der Waals surface area contributed by atoms with Gasteiger partial charge in [0.2, 0.25) is 0 Å². The molecule has 0 aliphatic rings. The van der Waals surface area contributed by atoms with E-state index in [4.69, 9.17) is 23.2 Å². The van der Waals surface area contributed by atoms with Gasteiger partial charge in [0.1, 0.15) is 0 Å². The summed E-state index contributed by atoms with van der Waals surface area (Å²) in [6, 6.07) is 1.53. The van der Waals surface area contributed by atoms with Crippen LogP contribution in [0.2, 0.25) is 5.02 Å². The number of carbonyl (C=O) groups excluding carboxylic acids is 1. The number of nitrogens with zero attached hydrogens (tertiary/aromatic N) is 1. The maximum atomic E-state index is 11.9. The summed E-state index contributed by atoms with van der Waals surface area (Å²) in [7, 11) is 0. The maximum absolute atomic E-state index is 11.9. The molecule has 88 valence electrons. The summed E-state index contributed by atoms with van der Waals surface area (Å²) >= 11 is 11.6. The number of rotatable bonds is 4. The third-order valence-corrected chi connectivity index (χ3v) is 2.94. The van der Waals surface area contributed by atoms with Gasteiger partial charge in [0.05, 0.1) is 10.6 Å². The fourth-order valence-corrected chi connectivity index (χ4v) is 1.83. The Hall–Kier alpha value is -0.800. The first kappa shape index (κ1) is 13.3. The van der Waals surface area contributed by atoms with Crippen molar-refractivity contribution in [3.63, 3.8) is 0 Å². The normalized spacial score (nSPS) is 12.6. The van der Waals surface area contributed by atoms with Crippen LogP contribution in [0.25, 0.3) is 0 Å². The number of hydrogen-bond donors (Lipinski definition) is 1. The lowest BCUT2D eigenvalue weighted by molar-refractivity contribution is 0.0931. The van der Waals surface area contributed by atoms with Crippen LogP contribution in [0, 0.1) is 5.92 Å². The molecule has 1 aromatic rings. The minimum absolute atomic E-state index is 0.0570. The van der Waals surface area contributed by atoms with Crippen molar-refractivity contribution in [2.45, 2.75) is 19.9 Å². The highest BCUT2D eigenvalue weighted by atomic mass is 35.5.